The van der Waals surface area contributed by atoms with Crippen molar-refractivity contribution in [2.45, 2.75) is 51.6 Å². The van der Waals surface area contributed by atoms with Gasteiger partial charge in [-0.1, -0.05) is 44.2 Å². The summed E-state index contributed by atoms with van der Waals surface area (Å²) in [5.74, 6) is -1.86. The molecular weight excluding hydrogens is 358 g/mol. The van der Waals surface area contributed by atoms with Gasteiger partial charge in [-0.05, 0) is 24.8 Å². The Morgan fingerprint density at radius 3 is 2.68 bits per heavy atom. The molecule has 1 aliphatic carbocycles. The number of esters is 1. The van der Waals surface area contributed by atoms with Crippen molar-refractivity contribution in [3.05, 3.63) is 35.9 Å². The number of hydrazone groups is 1. The second-order valence-electron chi connectivity index (χ2n) is 7.87. The van der Waals surface area contributed by atoms with Gasteiger partial charge in [0.2, 0.25) is 0 Å². The number of aliphatic hydroxyl groups is 1. The summed E-state index contributed by atoms with van der Waals surface area (Å²) < 4.78 is 5.48. The summed E-state index contributed by atoms with van der Waals surface area (Å²) in [6.07, 6.45) is 0.159. The number of hydrogen-bond donors (Lipinski definition) is 2. The van der Waals surface area contributed by atoms with Crippen LogP contribution in [0.2, 0.25) is 0 Å². The molecule has 0 spiro atoms. The predicted octanol–water partition coefficient (Wildman–Crippen LogP) is 2.52. The molecule has 28 heavy (non-hydrogen) atoms. The van der Waals surface area contributed by atoms with Crippen LogP contribution in [0.1, 0.15) is 51.5 Å². The summed E-state index contributed by atoms with van der Waals surface area (Å²) in [6, 6.07) is 11.2. The molecule has 0 radical (unpaired) electrons. The van der Waals surface area contributed by atoms with Gasteiger partial charge in [0.05, 0.1) is 24.0 Å². The zero-order chi connectivity index (χ0) is 20.7. The van der Waals surface area contributed by atoms with E-state index in [1.54, 1.807) is 13.0 Å². The average Bonchev–Trinajstić information content (AvgIpc) is 2.64. The molecule has 1 amide bonds. The number of rotatable bonds is 6. The Hall–Kier alpha value is -2.72. The quantitative estimate of drug-likeness (QED) is 0.577. The maximum atomic E-state index is 12.9. The fraction of sp³-hybridized carbons (Fsp3) is 0.524. The molecule has 1 aromatic rings. The Morgan fingerprint density at radius 2 is 2.07 bits per heavy atom. The van der Waals surface area contributed by atoms with Crippen molar-refractivity contribution in [1.29, 1.82) is 5.26 Å². The summed E-state index contributed by atoms with van der Waals surface area (Å²) in [7, 11) is 0. The van der Waals surface area contributed by atoms with Gasteiger partial charge in [-0.3, -0.25) is 9.59 Å². The molecular formula is C21H27N3O4. The van der Waals surface area contributed by atoms with Crippen LogP contribution in [0.4, 0.5) is 0 Å². The Labute approximate surface area is 165 Å². The van der Waals surface area contributed by atoms with E-state index in [0.717, 1.165) is 5.56 Å². The van der Waals surface area contributed by atoms with Crippen LogP contribution < -0.4 is 5.43 Å². The number of nitrogens with zero attached hydrogens (tertiary/aromatic N) is 2. The van der Waals surface area contributed by atoms with Gasteiger partial charge in [-0.25, -0.2) is 5.43 Å². The third kappa shape index (κ3) is 5.89. The van der Waals surface area contributed by atoms with Crippen LogP contribution in [-0.2, 0) is 14.3 Å². The van der Waals surface area contributed by atoms with Crippen LogP contribution in [-0.4, -0.2) is 34.9 Å². The van der Waals surface area contributed by atoms with E-state index in [4.69, 9.17) is 10.00 Å². The number of hydrogen-bond acceptors (Lipinski definition) is 6. The van der Waals surface area contributed by atoms with Gasteiger partial charge in [0.25, 0.3) is 5.91 Å². The van der Waals surface area contributed by atoms with Gasteiger partial charge < -0.3 is 9.84 Å². The number of carbonyl (C=O) groups excluding carboxylic acids is 2. The van der Waals surface area contributed by atoms with Crippen molar-refractivity contribution in [2.24, 2.45) is 16.9 Å². The minimum absolute atomic E-state index is 0.130. The first kappa shape index (κ1) is 21.6. The molecule has 0 heterocycles. The van der Waals surface area contributed by atoms with Crippen LogP contribution in [0.5, 0.6) is 0 Å². The Balaban J connectivity index is 2.40. The molecule has 1 aromatic carbocycles. The number of benzene rings is 1. The maximum Gasteiger partial charge on any atom is 0.315 e. The summed E-state index contributed by atoms with van der Waals surface area (Å²) in [4.78, 5) is 24.6. The van der Waals surface area contributed by atoms with Crippen LogP contribution in [0, 0.1) is 23.2 Å². The first-order valence-corrected chi connectivity index (χ1v) is 9.39. The van der Waals surface area contributed by atoms with Crippen LogP contribution in [0.3, 0.4) is 0 Å². The first-order chi connectivity index (χ1) is 13.2. The standard InChI is InChI=1S/C21H27N3O4/c1-14(2)13-28-20(26)19-16(15-7-5-4-6-8-15)11-21(3,27)12-17(19)23-24-18(25)9-10-22/h4-8,14,16,19,27H,9,11-13H2,1-3H3,(H,24,25)/b23-17-/t16-,19-,21-/m1/s1. The highest BCUT2D eigenvalue weighted by Gasteiger charge is 2.45. The van der Waals surface area contributed by atoms with Crippen LogP contribution in [0.25, 0.3) is 0 Å². The average molecular weight is 385 g/mol. The molecule has 7 nitrogen and oxygen atoms in total. The normalized spacial score (nSPS) is 25.9. The highest BCUT2D eigenvalue weighted by molar-refractivity contribution is 6.04. The molecule has 2 N–H and O–H groups in total. The summed E-state index contributed by atoms with van der Waals surface area (Å²) in [5, 5.41) is 23.5. The smallest absolute Gasteiger partial charge is 0.315 e. The molecule has 2 rings (SSSR count). The highest BCUT2D eigenvalue weighted by atomic mass is 16.5. The third-order valence-electron chi connectivity index (χ3n) is 4.59. The molecule has 0 aliphatic heterocycles. The van der Waals surface area contributed by atoms with Gasteiger partial charge in [0.15, 0.2) is 0 Å². The molecule has 1 saturated carbocycles. The second kappa shape index (κ2) is 9.47. The van der Waals surface area contributed by atoms with Gasteiger partial charge in [-0.15, -0.1) is 0 Å². The molecule has 0 unspecified atom stereocenters. The number of nitriles is 1. The third-order valence-corrected chi connectivity index (χ3v) is 4.59. The minimum atomic E-state index is -1.09. The van der Waals surface area contributed by atoms with Crippen LogP contribution in [0.15, 0.2) is 35.4 Å². The topological polar surface area (TPSA) is 112 Å². The summed E-state index contributed by atoms with van der Waals surface area (Å²) in [6.45, 7) is 5.86. The molecule has 0 saturated heterocycles. The lowest BCUT2D eigenvalue weighted by Crippen LogP contribution is -2.46. The Morgan fingerprint density at radius 1 is 1.39 bits per heavy atom. The van der Waals surface area contributed by atoms with Crippen molar-refractivity contribution in [3.8, 4) is 6.07 Å². The monoisotopic (exact) mass is 385 g/mol. The molecule has 7 heteroatoms. The minimum Gasteiger partial charge on any atom is -0.465 e. The number of nitrogens with one attached hydrogen (secondary N) is 1. The predicted molar refractivity (Wildman–Crippen MR) is 104 cm³/mol. The summed E-state index contributed by atoms with van der Waals surface area (Å²) >= 11 is 0. The van der Waals surface area contributed by atoms with E-state index in [1.165, 1.54) is 0 Å². The zero-order valence-corrected chi connectivity index (χ0v) is 16.5. The molecule has 1 fully saturated rings. The van der Waals surface area contributed by atoms with E-state index < -0.39 is 23.4 Å². The van der Waals surface area contributed by atoms with E-state index >= 15 is 0 Å². The molecule has 0 bridgehead atoms. The maximum absolute atomic E-state index is 12.9. The lowest BCUT2D eigenvalue weighted by Gasteiger charge is -2.39. The number of amides is 1. The zero-order valence-electron chi connectivity index (χ0n) is 16.5. The summed E-state index contributed by atoms with van der Waals surface area (Å²) in [5.41, 5.74) is 2.48. The fourth-order valence-corrected chi connectivity index (χ4v) is 3.40. The van der Waals surface area contributed by atoms with E-state index in [9.17, 15) is 14.7 Å². The Kier molecular flexibility index (Phi) is 7.30. The fourth-order valence-electron chi connectivity index (χ4n) is 3.40. The van der Waals surface area contributed by atoms with E-state index in [1.807, 2.05) is 44.2 Å². The SMILES string of the molecule is CC(C)COC(=O)[C@H]1/C(=N\NC(=O)CC#N)C[C@](C)(O)C[C@@H]1c1ccccc1. The number of ether oxygens (including phenoxy) is 1. The van der Waals surface area contributed by atoms with Gasteiger partial charge in [0, 0.05) is 12.3 Å². The van der Waals surface area contributed by atoms with Crippen molar-refractivity contribution < 1.29 is 19.4 Å². The van der Waals surface area contributed by atoms with Crippen LogP contribution >= 0.6 is 0 Å². The van der Waals surface area contributed by atoms with Gasteiger partial charge >= 0.3 is 5.97 Å². The molecule has 0 aromatic heterocycles. The molecule has 3 atom stereocenters. The number of carbonyl (C=O) groups is 2. The lowest BCUT2D eigenvalue weighted by molar-refractivity contribution is -0.149. The molecule has 150 valence electrons. The van der Waals surface area contributed by atoms with Crippen molar-refractivity contribution in [2.75, 3.05) is 6.61 Å². The van der Waals surface area contributed by atoms with E-state index in [-0.39, 0.29) is 31.3 Å². The van der Waals surface area contributed by atoms with Gasteiger partial charge in [-0.2, -0.15) is 10.4 Å². The largest absolute Gasteiger partial charge is 0.465 e. The van der Waals surface area contributed by atoms with Crippen molar-refractivity contribution >= 4 is 17.6 Å². The van der Waals surface area contributed by atoms with Crippen molar-refractivity contribution in [3.63, 3.8) is 0 Å². The molecule has 1 aliphatic rings. The first-order valence-electron chi connectivity index (χ1n) is 9.39. The van der Waals surface area contributed by atoms with Gasteiger partial charge in [0.1, 0.15) is 12.3 Å². The van der Waals surface area contributed by atoms with E-state index in [2.05, 4.69) is 10.5 Å². The Bertz CT molecular complexity index is 766. The highest BCUT2D eigenvalue weighted by Crippen LogP contribution is 2.41. The second-order valence-corrected chi connectivity index (χ2v) is 7.87. The van der Waals surface area contributed by atoms with Crippen molar-refractivity contribution in [1.82, 2.24) is 5.43 Å². The lowest BCUT2D eigenvalue weighted by atomic mass is 9.68. The van der Waals surface area contributed by atoms with E-state index in [0.29, 0.717) is 12.1 Å².